The molecule has 5 nitrogen and oxygen atoms in total. The molecule has 0 saturated carbocycles. The average molecular weight is 424 g/mol. The summed E-state index contributed by atoms with van der Waals surface area (Å²) in [4.78, 5) is 17.5. The molecule has 0 spiro atoms. The smallest absolute Gasteiger partial charge is 0.319 e. The van der Waals surface area contributed by atoms with Crippen molar-refractivity contribution in [2.45, 2.75) is 59.4 Å². The fraction of sp³-hybridized carbons (Fsp3) is 0.462. The number of aliphatic imine (C=N–C) groups is 1. The van der Waals surface area contributed by atoms with Gasteiger partial charge in [-0.2, -0.15) is 0 Å². The minimum Gasteiger partial charge on any atom is -0.497 e. The summed E-state index contributed by atoms with van der Waals surface area (Å²) in [5.74, 6) is 1.76. The molecule has 168 valence electrons. The van der Waals surface area contributed by atoms with E-state index < -0.39 is 0 Å². The van der Waals surface area contributed by atoms with E-state index in [0.29, 0.717) is 24.3 Å². The Hall–Kier alpha value is -2.82. The molecular weight excluding hydrogens is 386 g/mol. The summed E-state index contributed by atoms with van der Waals surface area (Å²) in [5.41, 5.74) is 4.23. The molecule has 0 unspecified atom stereocenters. The van der Waals surface area contributed by atoms with Crippen molar-refractivity contribution in [1.29, 1.82) is 0 Å². The molecule has 0 aromatic heterocycles. The molecule has 0 aliphatic carbocycles. The topological polar surface area (TPSA) is 62.7 Å². The third kappa shape index (κ3) is 7.12. The Morgan fingerprint density at radius 2 is 1.55 bits per heavy atom. The van der Waals surface area contributed by atoms with Gasteiger partial charge < -0.3 is 15.4 Å². The second-order valence-corrected chi connectivity index (χ2v) is 8.82. The minimum absolute atomic E-state index is 0.0160. The van der Waals surface area contributed by atoms with E-state index in [4.69, 9.17) is 9.73 Å². The van der Waals surface area contributed by atoms with Crippen molar-refractivity contribution in [2.75, 3.05) is 19.0 Å². The van der Waals surface area contributed by atoms with E-state index in [1.165, 1.54) is 0 Å². The summed E-state index contributed by atoms with van der Waals surface area (Å²) in [6.07, 6.45) is 1.86. The van der Waals surface area contributed by atoms with Crippen LogP contribution >= 0.6 is 0 Å². The number of urea groups is 1. The molecule has 0 radical (unpaired) electrons. The average Bonchev–Trinajstić information content (AvgIpc) is 2.73. The molecule has 2 rings (SSSR count). The van der Waals surface area contributed by atoms with E-state index in [0.717, 1.165) is 28.1 Å². The molecule has 0 saturated heterocycles. The normalized spacial score (nSPS) is 12.6. The first-order valence-electron chi connectivity index (χ1n) is 11.1. The number of carbonyl (C=O) groups is 1. The highest BCUT2D eigenvalue weighted by Crippen LogP contribution is 2.32. The van der Waals surface area contributed by atoms with Crippen molar-refractivity contribution in [3.63, 3.8) is 0 Å². The summed E-state index contributed by atoms with van der Waals surface area (Å²) in [6, 6.07) is 13.8. The van der Waals surface area contributed by atoms with Crippen LogP contribution in [-0.2, 0) is 0 Å². The first-order chi connectivity index (χ1) is 14.7. The van der Waals surface area contributed by atoms with Gasteiger partial charge in [0.15, 0.2) is 0 Å². The molecule has 2 amide bonds. The van der Waals surface area contributed by atoms with Gasteiger partial charge in [0, 0.05) is 18.4 Å². The largest absolute Gasteiger partial charge is 0.497 e. The van der Waals surface area contributed by atoms with Gasteiger partial charge in [-0.1, -0.05) is 59.7 Å². The third-order valence-electron chi connectivity index (χ3n) is 5.38. The lowest BCUT2D eigenvalue weighted by atomic mass is 9.93. The molecule has 0 aliphatic rings. The highest BCUT2D eigenvalue weighted by molar-refractivity contribution is 5.91. The zero-order valence-electron chi connectivity index (χ0n) is 19.9. The second-order valence-electron chi connectivity index (χ2n) is 8.82. The fourth-order valence-corrected chi connectivity index (χ4v) is 3.38. The van der Waals surface area contributed by atoms with Crippen LogP contribution in [0.4, 0.5) is 10.5 Å². The molecule has 1 atom stereocenters. The van der Waals surface area contributed by atoms with Crippen molar-refractivity contribution in [2.24, 2.45) is 10.9 Å². The first kappa shape index (κ1) is 24.4. The third-order valence-corrected chi connectivity index (χ3v) is 5.38. The number of hydrogen-bond donors (Lipinski definition) is 2. The van der Waals surface area contributed by atoms with Gasteiger partial charge in [0.1, 0.15) is 5.75 Å². The van der Waals surface area contributed by atoms with Gasteiger partial charge in [-0.25, -0.2) is 4.79 Å². The summed E-state index contributed by atoms with van der Waals surface area (Å²) >= 11 is 0. The molecule has 0 bridgehead atoms. The van der Waals surface area contributed by atoms with Gasteiger partial charge in [0.05, 0.1) is 13.2 Å². The number of methoxy groups -OCH3 is 1. The lowest BCUT2D eigenvalue weighted by molar-refractivity contribution is 0.250. The molecule has 0 fully saturated rings. The van der Waals surface area contributed by atoms with Crippen molar-refractivity contribution >= 4 is 17.9 Å². The van der Waals surface area contributed by atoms with Crippen LogP contribution in [0.3, 0.4) is 0 Å². The van der Waals surface area contributed by atoms with Crippen molar-refractivity contribution in [1.82, 2.24) is 5.32 Å². The Kier molecular flexibility index (Phi) is 9.10. The lowest BCUT2D eigenvalue weighted by Crippen LogP contribution is -2.37. The van der Waals surface area contributed by atoms with Crippen LogP contribution < -0.4 is 15.4 Å². The van der Waals surface area contributed by atoms with Gasteiger partial charge in [-0.3, -0.25) is 4.99 Å². The van der Waals surface area contributed by atoms with Crippen LogP contribution in [0.1, 0.15) is 70.1 Å². The van der Waals surface area contributed by atoms with Gasteiger partial charge in [0.25, 0.3) is 0 Å². The highest BCUT2D eigenvalue weighted by Gasteiger charge is 2.17. The van der Waals surface area contributed by atoms with Crippen molar-refractivity contribution < 1.29 is 9.53 Å². The first-order valence-corrected chi connectivity index (χ1v) is 11.1. The van der Waals surface area contributed by atoms with Gasteiger partial charge in [0.2, 0.25) is 0 Å². The number of anilines is 1. The molecule has 2 aromatic rings. The van der Waals surface area contributed by atoms with E-state index in [1.807, 2.05) is 30.5 Å². The maximum Gasteiger partial charge on any atom is 0.319 e. The number of nitrogens with zero attached hydrogens (tertiary/aromatic N) is 1. The van der Waals surface area contributed by atoms with E-state index in [1.54, 1.807) is 7.11 Å². The van der Waals surface area contributed by atoms with Crippen molar-refractivity contribution in [3.8, 4) is 5.75 Å². The van der Waals surface area contributed by atoms with Gasteiger partial charge in [-0.15, -0.1) is 0 Å². The summed E-state index contributed by atoms with van der Waals surface area (Å²) in [6.45, 7) is 13.3. The molecule has 2 N–H and O–H groups in total. The van der Waals surface area contributed by atoms with Gasteiger partial charge in [-0.05, 0) is 58.7 Å². The number of benzene rings is 2. The van der Waals surface area contributed by atoms with Crippen LogP contribution in [-0.4, -0.2) is 31.9 Å². The number of nitrogens with one attached hydrogen (secondary N) is 2. The number of rotatable bonds is 9. The monoisotopic (exact) mass is 423 g/mol. The summed E-state index contributed by atoms with van der Waals surface area (Å²) in [7, 11) is 1.65. The molecule has 2 aromatic carbocycles. The van der Waals surface area contributed by atoms with Crippen LogP contribution in [0.2, 0.25) is 0 Å². The number of ether oxygens (including phenoxy) is 1. The Morgan fingerprint density at radius 3 is 2.03 bits per heavy atom. The molecule has 0 heterocycles. The maximum atomic E-state index is 12.7. The predicted molar refractivity (Wildman–Crippen MR) is 131 cm³/mol. The molecule has 5 heteroatoms. The Labute approximate surface area is 187 Å². The quantitative estimate of drug-likeness (QED) is 0.471. The second kappa shape index (κ2) is 11.5. The van der Waals surface area contributed by atoms with Crippen LogP contribution in [0.25, 0.3) is 0 Å². The van der Waals surface area contributed by atoms with E-state index in [9.17, 15) is 4.79 Å². The Morgan fingerprint density at radius 1 is 0.968 bits per heavy atom. The van der Waals surface area contributed by atoms with Crippen LogP contribution in [0.5, 0.6) is 5.75 Å². The van der Waals surface area contributed by atoms with E-state index >= 15 is 0 Å². The maximum absolute atomic E-state index is 12.7. The van der Waals surface area contributed by atoms with Crippen LogP contribution in [0.15, 0.2) is 47.5 Å². The number of para-hydroxylation sites is 1. The Bertz CT molecular complexity index is 844. The number of hydrogen-bond acceptors (Lipinski definition) is 3. The fourth-order valence-electron chi connectivity index (χ4n) is 3.38. The summed E-state index contributed by atoms with van der Waals surface area (Å²) < 4.78 is 5.19. The molecule has 0 aliphatic heterocycles. The van der Waals surface area contributed by atoms with Gasteiger partial charge >= 0.3 is 6.03 Å². The molecular formula is C26H37N3O2. The number of amides is 2. The Balaban J connectivity index is 2.06. The SMILES string of the molecule is COc1ccc(C=N[C@H](CNC(=O)Nc2c(C(C)C)cccc2C(C)C)C(C)C)cc1. The van der Waals surface area contributed by atoms with E-state index in [2.05, 4.69) is 70.4 Å². The van der Waals surface area contributed by atoms with Crippen LogP contribution in [0, 0.1) is 5.92 Å². The minimum atomic E-state index is -0.194. The zero-order chi connectivity index (χ0) is 23.0. The van der Waals surface area contributed by atoms with Crippen molar-refractivity contribution in [3.05, 3.63) is 59.2 Å². The number of carbonyl (C=O) groups excluding carboxylic acids is 1. The summed E-state index contributed by atoms with van der Waals surface area (Å²) in [5, 5.41) is 6.12. The lowest BCUT2D eigenvalue weighted by Gasteiger charge is -2.21. The molecule has 31 heavy (non-hydrogen) atoms. The zero-order valence-corrected chi connectivity index (χ0v) is 19.9. The standard InChI is InChI=1S/C26H37N3O2/c1-17(2)22-9-8-10-23(18(3)4)25(22)29-26(30)28-16-24(19(5)6)27-15-20-11-13-21(31-7)14-12-20/h8-15,17-19,24H,16H2,1-7H3,(H2,28,29,30)/t24-/m1/s1. The predicted octanol–water partition coefficient (Wildman–Crippen LogP) is 6.21. The van der Waals surface area contributed by atoms with E-state index in [-0.39, 0.29) is 12.1 Å². The highest BCUT2D eigenvalue weighted by atomic mass is 16.5.